The average molecular weight is 451 g/mol. The Morgan fingerprint density at radius 2 is 0.971 bits per heavy atom. The number of benzene rings is 5. The van der Waals surface area contributed by atoms with E-state index in [0.29, 0.717) is 0 Å². The van der Waals surface area contributed by atoms with Crippen molar-refractivity contribution in [3.63, 3.8) is 0 Å². The highest BCUT2D eigenvalue weighted by molar-refractivity contribution is 6.09. The van der Waals surface area contributed by atoms with Gasteiger partial charge in [0.15, 0.2) is 0 Å². The van der Waals surface area contributed by atoms with Crippen LogP contribution in [0, 0.1) is 6.92 Å². The number of hydrogen-bond acceptors (Lipinski definition) is 0. The van der Waals surface area contributed by atoms with Gasteiger partial charge in [0.25, 0.3) is 0 Å². The van der Waals surface area contributed by atoms with E-state index in [2.05, 4.69) is 126 Å². The Bertz CT molecular complexity index is 1690. The minimum atomic E-state index is -0.0666. The molecule has 0 saturated carbocycles. The number of aryl methyl sites for hydroxylation is 1. The van der Waals surface area contributed by atoms with Crippen molar-refractivity contribution in [1.82, 2.24) is 0 Å². The van der Waals surface area contributed by atoms with Gasteiger partial charge in [-0.25, -0.2) is 0 Å². The Hall–Kier alpha value is -3.64. The standard InChI is InChI=1S/C35H30/c1-21-12-6-7-13-22(21)26-18-32-33(25-16-9-8-14-23(25)26)28-20-30-27(19-31(28)35(32,4)5)24-15-10-11-17-29(24)34(30,2)3/h6-20H,1-5H3. The first-order valence-electron chi connectivity index (χ1n) is 12.7. The van der Waals surface area contributed by atoms with E-state index in [-0.39, 0.29) is 10.8 Å². The van der Waals surface area contributed by atoms with Crippen molar-refractivity contribution >= 4 is 10.8 Å². The number of rotatable bonds is 1. The third kappa shape index (κ3) is 2.58. The monoisotopic (exact) mass is 450 g/mol. The van der Waals surface area contributed by atoms with Crippen molar-refractivity contribution in [3.8, 4) is 33.4 Å². The minimum absolute atomic E-state index is 0.00471. The predicted molar refractivity (Wildman–Crippen MR) is 149 cm³/mol. The molecule has 0 nitrogen and oxygen atoms in total. The first-order chi connectivity index (χ1) is 16.8. The maximum absolute atomic E-state index is 2.53. The van der Waals surface area contributed by atoms with Crippen molar-refractivity contribution in [1.29, 1.82) is 0 Å². The van der Waals surface area contributed by atoms with Crippen LogP contribution < -0.4 is 0 Å². The molecule has 0 radical (unpaired) electrons. The van der Waals surface area contributed by atoms with Crippen molar-refractivity contribution in [3.05, 3.63) is 119 Å². The van der Waals surface area contributed by atoms with E-state index in [4.69, 9.17) is 0 Å². The molecule has 35 heavy (non-hydrogen) atoms. The van der Waals surface area contributed by atoms with Crippen LogP contribution >= 0.6 is 0 Å². The summed E-state index contributed by atoms with van der Waals surface area (Å²) in [5, 5.41) is 2.70. The van der Waals surface area contributed by atoms with E-state index in [9.17, 15) is 0 Å². The quantitative estimate of drug-likeness (QED) is 0.238. The van der Waals surface area contributed by atoms with Gasteiger partial charge in [-0.3, -0.25) is 0 Å². The molecule has 2 aliphatic rings. The normalized spacial score (nSPS) is 16.0. The van der Waals surface area contributed by atoms with Gasteiger partial charge in [0.1, 0.15) is 0 Å². The zero-order valence-electron chi connectivity index (χ0n) is 21.2. The van der Waals surface area contributed by atoms with Crippen LogP contribution in [0.4, 0.5) is 0 Å². The van der Waals surface area contributed by atoms with Crippen molar-refractivity contribution in [2.75, 3.05) is 0 Å². The second-order valence-electron chi connectivity index (χ2n) is 11.4. The summed E-state index contributed by atoms with van der Waals surface area (Å²) in [5.41, 5.74) is 15.4. The lowest BCUT2D eigenvalue weighted by molar-refractivity contribution is 0.652. The topological polar surface area (TPSA) is 0 Å². The molecular formula is C35H30. The molecule has 5 aromatic carbocycles. The predicted octanol–water partition coefficient (Wildman–Crippen LogP) is 9.43. The van der Waals surface area contributed by atoms with Crippen LogP contribution in [0.5, 0.6) is 0 Å². The van der Waals surface area contributed by atoms with Gasteiger partial charge in [-0.1, -0.05) is 100 Å². The van der Waals surface area contributed by atoms with Gasteiger partial charge < -0.3 is 0 Å². The van der Waals surface area contributed by atoms with Gasteiger partial charge in [0.2, 0.25) is 0 Å². The zero-order chi connectivity index (χ0) is 24.1. The Kier molecular flexibility index (Phi) is 3.98. The van der Waals surface area contributed by atoms with Crippen LogP contribution in [0.1, 0.15) is 55.5 Å². The molecule has 0 aliphatic heterocycles. The molecule has 0 unspecified atom stereocenters. The van der Waals surface area contributed by atoms with Crippen LogP contribution in [-0.2, 0) is 10.8 Å². The van der Waals surface area contributed by atoms with Gasteiger partial charge >= 0.3 is 0 Å². The van der Waals surface area contributed by atoms with Gasteiger partial charge in [-0.15, -0.1) is 0 Å². The Balaban J connectivity index is 1.58. The maximum atomic E-state index is 2.53. The molecule has 0 bridgehead atoms. The average Bonchev–Trinajstić information content (AvgIpc) is 3.22. The summed E-state index contributed by atoms with van der Waals surface area (Å²) >= 11 is 0. The summed E-state index contributed by atoms with van der Waals surface area (Å²) in [7, 11) is 0. The largest absolute Gasteiger partial charge is 0.0620 e. The molecule has 0 atom stereocenters. The van der Waals surface area contributed by atoms with E-state index in [1.165, 1.54) is 72.0 Å². The van der Waals surface area contributed by atoms with Crippen LogP contribution in [0.25, 0.3) is 44.2 Å². The maximum Gasteiger partial charge on any atom is 0.0159 e. The van der Waals surface area contributed by atoms with Crippen molar-refractivity contribution in [2.45, 2.75) is 45.4 Å². The van der Waals surface area contributed by atoms with Crippen LogP contribution in [-0.4, -0.2) is 0 Å². The SMILES string of the molecule is Cc1ccccc1-c1cc2c(c3ccccc13)-c1cc3c(cc1C2(C)C)-c1ccccc1C3(C)C. The molecule has 0 aromatic heterocycles. The van der Waals surface area contributed by atoms with E-state index >= 15 is 0 Å². The Labute approximate surface area is 208 Å². The second kappa shape index (κ2) is 6.73. The molecule has 0 heterocycles. The highest BCUT2D eigenvalue weighted by atomic mass is 14.4. The van der Waals surface area contributed by atoms with E-state index in [0.717, 1.165) is 0 Å². The lowest BCUT2D eigenvalue weighted by Crippen LogP contribution is -2.17. The summed E-state index contributed by atoms with van der Waals surface area (Å²) in [5.74, 6) is 0. The third-order valence-electron chi connectivity index (χ3n) is 8.82. The minimum Gasteiger partial charge on any atom is -0.0620 e. The molecule has 0 N–H and O–H groups in total. The van der Waals surface area contributed by atoms with Crippen LogP contribution in [0.2, 0.25) is 0 Å². The summed E-state index contributed by atoms with van der Waals surface area (Å²) in [6.45, 7) is 11.8. The first-order valence-corrected chi connectivity index (χ1v) is 12.7. The lowest BCUT2D eigenvalue weighted by atomic mass is 9.79. The van der Waals surface area contributed by atoms with Crippen molar-refractivity contribution < 1.29 is 0 Å². The first kappa shape index (κ1) is 20.7. The molecule has 2 aliphatic carbocycles. The molecule has 0 amide bonds. The van der Waals surface area contributed by atoms with Crippen LogP contribution in [0.15, 0.2) is 91.0 Å². The Morgan fingerprint density at radius 1 is 0.429 bits per heavy atom. The Morgan fingerprint density at radius 3 is 1.74 bits per heavy atom. The summed E-state index contributed by atoms with van der Waals surface area (Å²) < 4.78 is 0. The van der Waals surface area contributed by atoms with Crippen LogP contribution in [0.3, 0.4) is 0 Å². The molecule has 0 saturated heterocycles. The smallest absolute Gasteiger partial charge is 0.0159 e. The number of fused-ring (bicyclic) bond motifs is 8. The molecule has 0 spiro atoms. The highest BCUT2D eigenvalue weighted by Crippen LogP contribution is 2.58. The molecule has 0 fully saturated rings. The fraction of sp³-hybridized carbons (Fsp3) is 0.200. The molecule has 0 heteroatoms. The zero-order valence-corrected chi connectivity index (χ0v) is 21.2. The fourth-order valence-corrected chi connectivity index (χ4v) is 6.87. The fourth-order valence-electron chi connectivity index (χ4n) is 6.87. The van der Waals surface area contributed by atoms with Crippen molar-refractivity contribution in [2.24, 2.45) is 0 Å². The summed E-state index contributed by atoms with van der Waals surface area (Å²) in [6, 6.07) is 34.3. The second-order valence-corrected chi connectivity index (χ2v) is 11.4. The van der Waals surface area contributed by atoms with Gasteiger partial charge in [-0.2, -0.15) is 0 Å². The number of hydrogen-bond donors (Lipinski definition) is 0. The third-order valence-corrected chi connectivity index (χ3v) is 8.82. The van der Waals surface area contributed by atoms with Gasteiger partial charge in [-0.05, 0) is 97.1 Å². The molecule has 7 rings (SSSR count). The van der Waals surface area contributed by atoms with E-state index in [1.807, 2.05) is 0 Å². The summed E-state index contributed by atoms with van der Waals surface area (Å²) in [6.07, 6.45) is 0. The van der Waals surface area contributed by atoms with E-state index < -0.39 is 0 Å². The molecular weight excluding hydrogens is 420 g/mol. The van der Waals surface area contributed by atoms with E-state index in [1.54, 1.807) is 0 Å². The molecule has 170 valence electrons. The highest BCUT2D eigenvalue weighted by Gasteiger charge is 2.42. The van der Waals surface area contributed by atoms with Gasteiger partial charge in [0.05, 0.1) is 0 Å². The lowest BCUT2D eigenvalue weighted by Gasteiger charge is -2.24. The molecule has 5 aromatic rings. The van der Waals surface area contributed by atoms with Gasteiger partial charge in [0, 0.05) is 10.8 Å². The summed E-state index contributed by atoms with van der Waals surface area (Å²) in [4.78, 5) is 0.